The fraction of sp³-hybridized carbons (Fsp3) is 0.261. The van der Waals surface area contributed by atoms with Gasteiger partial charge in [-0.05, 0) is 43.2 Å². The van der Waals surface area contributed by atoms with Gasteiger partial charge in [-0.15, -0.1) is 0 Å². The molecule has 0 saturated carbocycles. The topological polar surface area (TPSA) is 73.8 Å². The predicted molar refractivity (Wildman–Crippen MR) is 117 cm³/mol. The molecule has 3 heterocycles. The zero-order chi connectivity index (χ0) is 20.7. The molecule has 5 rings (SSSR count). The highest BCUT2D eigenvalue weighted by molar-refractivity contribution is 6.11. The van der Waals surface area contributed by atoms with Crippen molar-refractivity contribution in [3.63, 3.8) is 0 Å². The molecule has 1 fully saturated rings. The number of benzene rings is 2. The fourth-order valence-corrected chi connectivity index (χ4v) is 3.82. The third-order valence-corrected chi connectivity index (χ3v) is 5.75. The number of carbonyl (C=O) groups is 1. The van der Waals surface area contributed by atoms with Gasteiger partial charge in [-0.2, -0.15) is 0 Å². The molecule has 0 unspecified atom stereocenters. The van der Waals surface area contributed by atoms with E-state index < -0.39 is 5.97 Å². The van der Waals surface area contributed by atoms with Gasteiger partial charge >= 0.3 is 5.97 Å². The van der Waals surface area contributed by atoms with Gasteiger partial charge in [0.15, 0.2) is 5.70 Å². The van der Waals surface area contributed by atoms with Crippen LogP contribution in [0.4, 0.5) is 5.95 Å². The van der Waals surface area contributed by atoms with Crippen LogP contribution in [0.5, 0.6) is 0 Å². The maximum atomic E-state index is 12.4. The van der Waals surface area contributed by atoms with Crippen molar-refractivity contribution in [3.05, 3.63) is 71.1 Å². The second-order valence-corrected chi connectivity index (χ2v) is 7.67. The number of rotatable bonds is 3. The average Bonchev–Trinajstić information content (AvgIpc) is 3.34. The average molecular weight is 401 g/mol. The van der Waals surface area contributed by atoms with Gasteiger partial charge in [0.05, 0.1) is 11.0 Å². The summed E-state index contributed by atoms with van der Waals surface area (Å²) < 4.78 is 5.45. The molecule has 3 aromatic rings. The van der Waals surface area contributed by atoms with E-state index in [1.807, 2.05) is 62.5 Å². The van der Waals surface area contributed by atoms with E-state index >= 15 is 0 Å². The van der Waals surface area contributed by atoms with E-state index in [4.69, 9.17) is 4.74 Å². The first kappa shape index (κ1) is 18.4. The normalized spacial score (nSPS) is 18.3. The molecule has 2 aliphatic heterocycles. The van der Waals surface area contributed by atoms with Crippen LogP contribution in [0.1, 0.15) is 16.7 Å². The summed E-state index contributed by atoms with van der Waals surface area (Å²) in [7, 11) is 0. The molecule has 0 atom stereocenters. The molecular formula is C23H23N5O2. The number of aromatic nitrogens is 2. The van der Waals surface area contributed by atoms with Crippen LogP contribution in [0.25, 0.3) is 11.0 Å². The number of aromatic amines is 1. The Balaban J connectivity index is 1.29. The van der Waals surface area contributed by atoms with Crippen LogP contribution in [0, 0.1) is 13.8 Å². The van der Waals surface area contributed by atoms with Crippen molar-refractivity contribution in [1.29, 1.82) is 0 Å². The van der Waals surface area contributed by atoms with Crippen molar-refractivity contribution >= 4 is 28.8 Å². The van der Waals surface area contributed by atoms with E-state index in [1.165, 1.54) is 0 Å². The number of carbonyl (C=O) groups excluding carboxylic acids is 1. The largest absolute Gasteiger partial charge is 0.402 e. The molecule has 7 heteroatoms. The molecule has 1 aromatic heterocycles. The molecule has 30 heavy (non-hydrogen) atoms. The van der Waals surface area contributed by atoms with E-state index in [2.05, 4.69) is 24.8 Å². The summed E-state index contributed by atoms with van der Waals surface area (Å²) in [5, 5.41) is 0. The summed E-state index contributed by atoms with van der Waals surface area (Å²) in [5.41, 5.74) is 5.44. The molecule has 152 valence electrons. The van der Waals surface area contributed by atoms with Gasteiger partial charge in [-0.3, -0.25) is 0 Å². The zero-order valence-electron chi connectivity index (χ0n) is 17.1. The smallest absolute Gasteiger partial charge is 0.365 e. The van der Waals surface area contributed by atoms with Gasteiger partial charge < -0.3 is 19.5 Å². The Morgan fingerprint density at radius 3 is 2.63 bits per heavy atom. The molecule has 0 spiro atoms. The maximum absolute atomic E-state index is 12.4. The number of aryl methyl sites for hydroxylation is 1. The highest BCUT2D eigenvalue weighted by Gasteiger charge is 2.27. The standard InChI is InChI=1S/C23H23N5O2/c1-15-6-5-7-17(16(15)2)21-24-20(22(29)30-21)14-27-10-12-28(13-11-27)23-25-18-8-3-4-9-19(18)26-23/h3-9,14H,10-13H2,1-2H3,(H,25,26)/b20-14+. The molecule has 0 aliphatic carbocycles. The van der Waals surface area contributed by atoms with E-state index in [0.29, 0.717) is 11.6 Å². The number of imidazole rings is 1. The second kappa shape index (κ2) is 7.33. The Morgan fingerprint density at radius 2 is 1.83 bits per heavy atom. The summed E-state index contributed by atoms with van der Waals surface area (Å²) >= 11 is 0. The van der Waals surface area contributed by atoms with E-state index in [9.17, 15) is 4.79 Å². The number of cyclic esters (lactones) is 1. The number of H-pyrrole nitrogens is 1. The van der Waals surface area contributed by atoms with Crippen molar-refractivity contribution < 1.29 is 9.53 Å². The van der Waals surface area contributed by atoms with Crippen molar-refractivity contribution in [3.8, 4) is 0 Å². The number of aliphatic imine (C=N–C) groups is 1. The zero-order valence-corrected chi connectivity index (χ0v) is 17.1. The van der Waals surface area contributed by atoms with E-state index in [0.717, 1.165) is 59.9 Å². The van der Waals surface area contributed by atoms with E-state index in [1.54, 1.807) is 0 Å². The van der Waals surface area contributed by atoms with Crippen molar-refractivity contribution in [2.45, 2.75) is 13.8 Å². The summed E-state index contributed by atoms with van der Waals surface area (Å²) in [4.78, 5) is 29.2. The van der Waals surface area contributed by atoms with Crippen LogP contribution in [0.3, 0.4) is 0 Å². The Morgan fingerprint density at radius 1 is 1.03 bits per heavy atom. The van der Waals surface area contributed by atoms with Crippen LogP contribution < -0.4 is 4.90 Å². The van der Waals surface area contributed by atoms with Gasteiger partial charge in [0, 0.05) is 37.9 Å². The van der Waals surface area contributed by atoms with Gasteiger partial charge in [0.2, 0.25) is 11.8 Å². The molecule has 7 nitrogen and oxygen atoms in total. The first-order valence-electron chi connectivity index (χ1n) is 10.1. The molecule has 0 radical (unpaired) electrons. The number of nitrogens with zero attached hydrogens (tertiary/aromatic N) is 4. The molecular weight excluding hydrogens is 378 g/mol. The van der Waals surface area contributed by atoms with Crippen LogP contribution in [0.2, 0.25) is 0 Å². The minimum Gasteiger partial charge on any atom is -0.402 e. The lowest BCUT2D eigenvalue weighted by Crippen LogP contribution is -2.44. The van der Waals surface area contributed by atoms with Crippen molar-refractivity contribution in [2.75, 3.05) is 31.1 Å². The lowest BCUT2D eigenvalue weighted by Gasteiger charge is -2.33. The van der Waals surface area contributed by atoms with Gasteiger partial charge in [0.1, 0.15) is 0 Å². The summed E-state index contributed by atoms with van der Waals surface area (Å²) in [6.45, 7) is 7.23. The molecule has 1 N–H and O–H groups in total. The molecule has 2 aliphatic rings. The molecule has 0 amide bonds. The first-order chi connectivity index (χ1) is 14.6. The number of nitrogens with one attached hydrogen (secondary N) is 1. The van der Waals surface area contributed by atoms with Crippen molar-refractivity contribution in [2.24, 2.45) is 4.99 Å². The Bertz CT molecular complexity index is 1150. The quantitative estimate of drug-likeness (QED) is 0.539. The van der Waals surface area contributed by atoms with Gasteiger partial charge in [-0.1, -0.05) is 24.3 Å². The fourth-order valence-electron chi connectivity index (χ4n) is 3.82. The number of fused-ring (bicyclic) bond motifs is 1. The minimum absolute atomic E-state index is 0.350. The van der Waals surface area contributed by atoms with Crippen LogP contribution >= 0.6 is 0 Å². The number of anilines is 1. The molecule has 2 aromatic carbocycles. The Labute approximate surface area is 174 Å². The van der Waals surface area contributed by atoms with Crippen LogP contribution in [-0.4, -0.2) is 52.9 Å². The highest BCUT2D eigenvalue weighted by Crippen LogP contribution is 2.22. The summed E-state index contributed by atoms with van der Waals surface area (Å²) in [6.07, 6.45) is 1.82. The number of hydrogen-bond acceptors (Lipinski definition) is 6. The second-order valence-electron chi connectivity index (χ2n) is 7.67. The predicted octanol–water partition coefficient (Wildman–Crippen LogP) is 3.15. The number of esters is 1. The molecule has 1 saturated heterocycles. The summed E-state index contributed by atoms with van der Waals surface area (Å²) in [6, 6.07) is 14.0. The van der Waals surface area contributed by atoms with Gasteiger partial charge in [0.25, 0.3) is 0 Å². The minimum atomic E-state index is -0.398. The Hall–Kier alpha value is -3.61. The lowest BCUT2D eigenvalue weighted by atomic mass is 10.0. The van der Waals surface area contributed by atoms with Crippen LogP contribution in [0.15, 0.2) is 59.4 Å². The number of piperazine rings is 1. The maximum Gasteiger partial charge on any atom is 0.365 e. The van der Waals surface area contributed by atoms with Crippen molar-refractivity contribution in [1.82, 2.24) is 14.9 Å². The summed E-state index contributed by atoms with van der Waals surface area (Å²) in [5.74, 6) is 0.873. The number of para-hydroxylation sites is 2. The number of ether oxygens (including phenoxy) is 1. The SMILES string of the molecule is Cc1cccc(C2=N/C(=C/N3CCN(c4nc5ccccc5[nH]4)CC3)C(=O)O2)c1C. The third kappa shape index (κ3) is 3.32. The third-order valence-electron chi connectivity index (χ3n) is 5.75. The van der Waals surface area contributed by atoms with Crippen LogP contribution in [-0.2, 0) is 9.53 Å². The van der Waals surface area contributed by atoms with E-state index in [-0.39, 0.29) is 0 Å². The first-order valence-corrected chi connectivity index (χ1v) is 10.1. The Kier molecular flexibility index (Phi) is 4.50. The molecule has 0 bridgehead atoms. The van der Waals surface area contributed by atoms with Gasteiger partial charge in [-0.25, -0.2) is 14.8 Å². The highest BCUT2D eigenvalue weighted by atomic mass is 16.6. The lowest BCUT2D eigenvalue weighted by molar-refractivity contribution is -0.130. The monoisotopic (exact) mass is 401 g/mol. The number of hydrogen-bond donors (Lipinski definition) is 1.